The van der Waals surface area contributed by atoms with Crippen LogP contribution in [0.2, 0.25) is 0 Å². The van der Waals surface area contributed by atoms with Crippen molar-refractivity contribution in [3.05, 3.63) is 83.3 Å². The maximum Gasteiger partial charge on any atom is 0.490 e. The molecule has 0 bridgehead atoms. The number of carbonyl (C=O) groups is 1. The molecule has 4 rings (SSSR count). The highest BCUT2D eigenvalue weighted by Crippen LogP contribution is 2.26. The van der Waals surface area contributed by atoms with Crippen LogP contribution in [0.15, 0.2) is 54.9 Å². The highest BCUT2D eigenvalue weighted by Gasteiger charge is 2.38. The zero-order valence-electron chi connectivity index (χ0n) is 17.3. The fourth-order valence-corrected chi connectivity index (χ4v) is 3.44. The molecule has 5 nitrogen and oxygen atoms in total. The number of rotatable bonds is 3. The third kappa shape index (κ3) is 6.79. The lowest BCUT2D eigenvalue weighted by Crippen LogP contribution is -2.25. The first kappa shape index (κ1) is 24.2. The first-order valence-electron chi connectivity index (χ1n) is 9.99. The van der Waals surface area contributed by atoms with Crippen LogP contribution in [0.5, 0.6) is 0 Å². The second-order valence-corrected chi connectivity index (χ2v) is 7.36. The minimum atomic E-state index is -5.08. The van der Waals surface area contributed by atoms with Gasteiger partial charge in [-0.3, -0.25) is 4.90 Å². The van der Waals surface area contributed by atoms with Crippen molar-refractivity contribution in [2.24, 2.45) is 0 Å². The van der Waals surface area contributed by atoms with Gasteiger partial charge in [0.2, 0.25) is 0 Å². The smallest absolute Gasteiger partial charge is 0.475 e. The van der Waals surface area contributed by atoms with Gasteiger partial charge in [0, 0.05) is 42.9 Å². The van der Waals surface area contributed by atoms with Crippen molar-refractivity contribution in [2.75, 3.05) is 13.1 Å². The molecule has 0 atom stereocenters. The number of nitrogens with zero attached hydrogens (tertiary/aromatic N) is 3. The molecule has 0 saturated heterocycles. The molecule has 3 aromatic rings. The fraction of sp³-hybridized carbons (Fsp3) is 0.261. The van der Waals surface area contributed by atoms with Gasteiger partial charge in [-0.15, -0.1) is 0 Å². The van der Waals surface area contributed by atoms with Crippen LogP contribution in [0.25, 0.3) is 11.3 Å². The molecule has 174 valence electrons. The van der Waals surface area contributed by atoms with Gasteiger partial charge >= 0.3 is 12.1 Å². The minimum Gasteiger partial charge on any atom is -0.475 e. The van der Waals surface area contributed by atoms with E-state index in [0.29, 0.717) is 0 Å². The molecule has 2 aromatic carbocycles. The van der Waals surface area contributed by atoms with E-state index in [0.717, 1.165) is 60.6 Å². The number of alkyl halides is 3. The average Bonchev–Trinajstić information content (AvgIpc) is 2.98. The monoisotopic (exact) mass is 465 g/mol. The molecule has 0 fully saturated rings. The highest BCUT2D eigenvalue weighted by atomic mass is 19.4. The van der Waals surface area contributed by atoms with Crippen LogP contribution in [-0.4, -0.2) is 45.2 Å². The molecule has 10 heteroatoms. The Hall–Kier alpha value is -3.40. The Bertz CT molecular complexity index is 1090. The lowest BCUT2D eigenvalue weighted by molar-refractivity contribution is -0.192. The average molecular weight is 465 g/mol. The quantitative estimate of drug-likeness (QED) is 0.571. The maximum atomic E-state index is 13.2. The van der Waals surface area contributed by atoms with Crippen molar-refractivity contribution in [1.29, 1.82) is 0 Å². The van der Waals surface area contributed by atoms with Gasteiger partial charge in [0.15, 0.2) is 0 Å². The minimum absolute atomic E-state index is 0.212. The number of halogens is 5. The summed E-state index contributed by atoms with van der Waals surface area (Å²) in [6.45, 7) is 2.56. The zero-order chi connectivity index (χ0) is 24.0. The third-order valence-corrected chi connectivity index (χ3v) is 5.06. The number of fused-ring (bicyclic) bond motifs is 1. The van der Waals surface area contributed by atoms with Gasteiger partial charge in [-0.05, 0) is 48.4 Å². The second-order valence-electron chi connectivity index (χ2n) is 7.36. The van der Waals surface area contributed by atoms with Crippen molar-refractivity contribution in [1.82, 2.24) is 14.9 Å². The van der Waals surface area contributed by atoms with E-state index in [2.05, 4.69) is 14.9 Å². The molecule has 0 spiro atoms. The summed E-state index contributed by atoms with van der Waals surface area (Å²) in [6, 6.07) is 13.1. The maximum absolute atomic E-state index is 13.2. The first-order chi connectivity index (χ1) is 15.6. The molecule has 0 saturated carbocycles. The summed E-state index contributed by atoms with van der Waals surface area (Å²) in [4.78, 5) is 20.2. The van der Waals surface area contributed by atoms with Crippen molar-refractivity contribution in [2.45, 2.75) is 25.6 Å². The Morgan fingerprint density at radius 1 is 0.909 bits per heavy atom. The lowest BCUT2D eigenvalue weighted by Gasteiger charge is -2.19. The molecule has 0 radical (unpaired) electrons. The Morgan fingerprint density at radius 2 is 1.45 bits per heavy atom. The highest BCUT2D eigenvalue weighted by molar-refractivity contribution is 5.73. The van der Waals surface area contributed by atoms with Gasteiger partial charge in [0.1, 0.15) is 18.0 Å². The number of carboxylic acids is 1. The molecule has 0 amide bonds. The van der Waals surface area contributed by atoms with E-state index in [1.807, 2.05) is 12.1 Å². The van der Waals surface area contributed by atoms with Gasteiger partial charge < -0.3 is 5.11 Å². The fourth-order valence-electron chi connectivity index (χ4n) is 3.44. The summed E-state index contributed by atoms with van der Waals surface area (Å²) in [6.07, 6.45) is -1.82. The number of hydrogen-bond donors (Lipinski definition) is 1. The SMILES string of the molecule is Fc1ccc(CN2CCc3ncnc(-c4ccc(F)cc4)c3CC2)cc1.O=C(O)C(F)(F)F. The van der Waals surface area contributed by atoms with Crippen molar-refractivity contribution < 1.29 is 31.9 Å². The van der Waals surface area contributed by atoms with Crippen LogP contribution in [0, 0.1) is 11.6 Å². The van der Waals surface area contributed by atoms with Gasteiger partial charge in [0.05, 0.1) is 5.69 Å². The van der Waals surface area contributed by atoms with Crippen LogP contribution in [-0.2, 0) is 24.2 Å². The first-order valence-corrected chi connectivity index (χ1v) is 9.99. The van der Waals surface area contributed by atoms with Crippen molar-refractivity contribution in [3.63, 3.8) is 0 Å². The Morgan fingerprint density at radius 3 is 2.03 bits per heavy atom. The lowest BCUT2D eigenvalue weighted by atomic mass is 10.0. The van der Waals surface area contributed by atoms with Crippen LogP contribution < -0.4 is 0 Å². The molecule has 1 aromatic heterocycles. The number of benzene rings is 2. The van der Waals surface area contributed by atoms with Crippen LogP contribution in [0.3, 0.4) is 0 Å². The molecule has 2 heterocycles. The van der Waals surface area contributed by atoms with E-state index < -0.39 is 12.1 Å². The standard InChI is InChI=1S/C21H19F2N3.C2HF3O2/c22-17-5-1-15(2-6-17)13-26-11-9-19-20(10-12-26)24-14-25-21(19)16-3-7-18(23)8-4-16;3-2(4,5)1(6)7/h1-8,14H,9-13H2;(H,6,7). The number of aliphatic carboxylic acids is 1. The van der Waals surface area contributed by atoms with Crippen LogP contribution in [0.4, 0.5) is 22.0 Å². The summed E-state index contributed by atoms with van der Waals surface area (Å²) in [5, 5.41) is 7.12. The number of carboxylic acid groups (broad SMARTS) is 1. The van der Waals surface area contributed by atoms with Crippen LogP contribution in [0.1, 0.15) is 16.8 Å². The summed E-state index contributed by atoms with van der Waals surface area (Å²) in [7, 11) is 0. The van der Waals surface area contributed by atoms with Crippen molar-refractivity contribution in [3.8, 4) is 11.3 Å². The number of aromatic nitrogens is 2. The van der Waals surface area contributed by atoms with E-state index in [9.17, 15) is 22.0 Å². The van der Waals surface area contributed by atoms with Gasteiger partial charge in [0.25, 0.3) is 0 Å². The molecule has 1 N–H and O–H groups in total. The van der Waals surface area contributed by atoms with Crippen LogP contribution >= 0.6 is 0 Å². The molecular formula is C23H20F5N3O2. The zero-order valence-corrected chi connectivity index (χ0v) is 17.3. The number of hydrogen-bond acceptors (Lipinski definition) is 4. The molecule has 1 aliphatic heterocycles. The van der Waals surface area contributed by atoms with E-state index in [1.54, 1.807) is 18.5 Å². The topological polar surface area (TPSA) is 66.3 Å². The van der Waals surface area contributed by atoms with E-state index in [-0.39, 0.29) is 11.6 Å². The predicted molar refractivity (Wildman–Crippen MR) is 110 cm³/mol. The second kappa shape index (κ2) is 10.5. The third-order valence-electron chi connectivity index (χ3n) is 5.06. The van der Waals surface area contributed by atoms with Gasteiger partial charge in [-0.25, -0.2) is 23.5 Å². The normalized spacial score (nSPS) is 14.0. The largest absolute Gasteiger partial charge is 0.490 e. The van der Waals surface area contributed by atoms with E-state index >= 15 is 0 Å². The summed E-state index contributed by atoms with van der Waals surface area (Å²) >= 11 is 0. The predicted octanol–water partition coefficient (Wildman–Crippen LogP) is 4.66. The Kier molecular flexibility index (Phi) is 7.70. The summed E-state index contributed by atoms with van der Waals surface area (Å²) in [5.41, 5.74) is 5.10. The van der Waals surface area contributed by atoms with Crippen molar-refractivity contribution >= 4 is 5.97 Å². The van der Waals surface area contributed by atoms with E-state index in [4.69, 9.17) is 9.90 Å². The van der Waals surface area contributed by atoms with Gasteiger partial charge in [-0.2, -0.15) is 13.2 Å². The molecule has 1 aliphatic rings. The Labute approximate surface area is 186 Å². The Balaban J connectivity index is 0.000000383. The summed E-state index contributed by atoms with van der Waals surface area (Å²) in [5.74, 6) is -3.22. The van der Waals surface area contributed by atoms with E-state index in [1.165, 1.54) is 24.3 Å². The molecule has 33 heavy (non-hydrogen) atoms. The van der Waals surface area contributed by atoms with Gasteiger partial charge in [-0.1, -0.05) is 12.1 Å². The molecular weight excluding hydrogens is 445 g/mol. The molecule has 0 aliphatic carbocycles. The summed E-state index contributed by atoms with van der Waals surface area (Å²) < 4.78 is 58.1. The molecule has 0 unspecified atom stereocenters.